The van der Waals surface area contributed by atoms with E-state index in [0.29, 0.717) is 24.4 Å². The fraction of sp³-hybridized carbons (Fsp3) is 0.947. The van der Waals surface area contributed by atoms with Gasteiger partial charge in [0.2, 0.25) is 5.91 Å². The molecular weight excluding hydrogens is 258 g/mol. The molecule has 2 nitrogen and oxygen atoms in total. The van der Waals surface area contributed by atoms with Gasteiger partial charge in [0.1, 0.15) is 0 Å². The van der Waals surface area contributed by atoms with E-state index in [0.717, 1.165) is 32.1 Å². The molecule has 0 aromatic heterocycles. The molecule has 21 heavy (non-hydrogen) atoms. The van der Waals surface area contributed by atoms with E-state index in [-0.39, 0.29) is 5.41 Å². The molecule has 1 amide bonds. The number of rotatable bonds is 10. The minimum atomic E-state index is 0.0723. The van der Waals surface area contributed by atoms with Crippen LogP contribution in [0.2, 0.25) is 0 Å². The van der Waals surface area contributed by atoms with Crippen LogP contribution in [0.25, 0.3) is 0 Å². The van der Waals surface area contributed by atoms with Gasteiger partial charge in [-0.2, -0.15) is 0 Å². The molecule has 0 rings (SSSR count). The van der Waals surface area contributed by atoms with Crippen LogP contribution in [-0.2, 0) is 4.79 Å². The van der Waals surface area contributed by atoms with Crippen molar-refractivity contribution in [3.63, 3.8) is 0 Å². The third-order valence-corrected chi connectivity index (χ3v) is 4.21. The molecule has 1 atom stereocenters. The average molecular weight is 298 g/mol. The van der Waals surface area contributed by atoms with Crippen molar-refractivity contribution in [2.24, 2.45) is 5.41 Å². The standard InChI is InChI=1S/C19H39NO/c1-8-12-14-17(13-9-2)20(16(10-3)11-4)18(21)15-19(5,6)7/h16-17H,8-15H2,1-7H3. The van der Waals surface area contributed by atoms with Gasteiger partial charge in [0, 0.05) is 18.5 Å². The van der Waals surface area contributed by atoms with Gasteiger partial charge in [0.15, 0.2) is 0 Å². The fourth-order valence-electron chi connectivity index (χ4n) is 3.13. The van der Waals surface area contributed by atoms with Gasteiger partial charge in [-0.25, -0.2) is 0 Å². The second-order valence-electron chi connectivity index (χ2n) is 7.59. The maximum atomic E-state index is 12.9. The Balaban J connectivity index is 5.19. The zero-order valence-electron chi connectivity index (χ0n) is 15.7. The smallest absolute Gasteiger partial charge is 0.223 e. The lowest BCUT2D eigenvalue weighted by Gasteiger charge is -2.39. The van der Waals surface area contributed by atoms with Crippen LogP contribution in [0.3, 0.4) is 0 Å². The summed E-state index contributed by atoms with van der Waals surface area (Å²) in [6.45, 7) is 15.4. The molecule has 0 saturated carbocycles. The van der Waals surface area contributed by atoms with Gasteiger partial charge in [-0.3, -0.25) is 4.79 Å². The van der Waals surface area contributed by atoms with Gasteiger partial charge in [-0.1, -0.05) is 67.7 Å². The predicted octanol–water partition coefficient (Wildman–Crippen LogP) is 5.80. The summed E-state index contributed by atoms with van der Waals surface area (Å²) in [6.07, 6.45) is 8.71. The first-order valence-corrected chi connectivity index (χ1v) is 9.11. The lowest BCUT2D eigenvalue weighted by Crippen LogP contribution is -2.48. The van der Waals surface area contributed by atoms with Crippen molar-refractivity contribution in [1.82, 2.24) is 4.90 Å². The van der Waals surface area contributed by atoms with Gasteiger partial charge in [-0.15, -0.1) is 0 Å². The van der Waals surface area contributed by atoms with Crippen LogP contribution >= 0.6 is 0 Å². The zero-order valence-corrected chi connectivity index (χ0v) is 15.7. The van der Waals surface area contributed by atoms with E-state index in [9.17, 15) is 4.79 Å². The van der Waals surface area contributed by atoms with Gasteiger partial charge in [-0.05, 0) is 31.1 Å². The highest BCUT2D eigenvalue weighted by atomic mass is 16.2. The summed E-state index contributed by atoms with van der Waals surface area (Å²) in [5.74, 6) is 0.366. The highest BCUT2D eigenvalue weighted by Crippen LogP contribution is 2.26. The maximum Gasteiger partial charge on any atom is 0.223 e. The molecule has 0 radical (unpaired) electrons. The molecule has 0 bridgehead atoms. The summed E-state index contributed by atoms with van der Waals surface area (Å²) in [5, 5.41) is 0. The summed E-state index contributed by atoms with van der Waals surface area (Å²) in [6, 6.07) is 0.850. The number of unbranched alkanes of at least 4 members (excludes halogenated alkanes) is 1. The largest absolute Gasteiger partial charge is 0.337 e. The second-order valence-corrected chi connectivity index (χ2v) is 7.59. The lowest BCUT2D eigenvalue weighted by molar-refractivity contribution is -0.139. The monoisotopic (exact) mass is 297 g/mol. The summed E-state index contributed by atoms with van der Waals surface area (Å²) in [7, 11) is 0. The molecule has 126 valence electrons. The van der Waals surface area contributed by atoms with Crippen LogP contribution in [0.4, 0.5) is 0 Å². The minimum Gasteiger partial charge on any atom is -0.337 e. The van der Waals surface area contributed by atoms with E-state index >= 15 is 0 Å². The van der Waals surface area contributed by atoms with Crippen molar-refractivity contribution in [2.75, 3.05) is 0 Å². The van der Waals surface area contributed by atoms with Gasteiger partial charge < -0.3 is 4.90 Å². The first-order chi connectivity index (χ1) is 9.80. The zero-order chi connectivity index (χ0) is 16.5. The van der Waals surface area contributed by atoms with E-state index < -0.39 is 0 Å². The minimum absolute atomic E-state index is 0.0723. The number of nitrogens with zero attached hydrogens (tertiary/aromatic N) is 1. The Morgan fingerprint density at radius 2 is 1.48 bits per heavy atom. The molecule has 0 aliphatic carbocycles. The molecule has 0 spiro atoms. The molecule has 0 N–H and O–H groups in total. The number of amides is 1. The first-order valence-electron chi connectivity index (χ1n) is 9.11. The Bertz CT molecular complexity index is 276. The van der Waals surface area contributed by atoms with Crippen molar-refractivity contribution in [3.05, 3.63) is 0 Å². The molecule has 2 heteroatoms. The van der Waals surface area contributed by atoms with E-state index in [4.69, 9.17) is 0 Å². The van der Waals surface area contributed by atoms with Crippen molar-refractivity contribution < 1.29 is 4.79 Å². The predicted molar refractivity (Wildman–Crippen MR) is 93.5 cm³/mol. The second kappa shape index (κ2) is 10.2. The first kappa shape index (κ1) is 20.5. The van der Waals surface area contributed by atoms with Crippen molar-refractivity contribution >= 4 is 5.91 Å². The molecule has 0 aromatic carbocycles. The topological polar surface area (TPSA) is 20.3 Å². The van der Waals surface area contributed by atoms with Crippen LogP contribution in [0.5, 0.6) is 0 Å². The van der Waals surface area contributed by atoms with Gasteiger partial charge in [0.05, 0.1) is 0 Å². The van der Waals surface area contributed by atoms with Crippen LogP contribution in [0, 0.1) is 5.41 Å². The molecule has 0 aromatic rings. The summed E-state index contributed by atoms with van der Waals surface area (Å²) in [5.41, 5.74) is 0.0723. The van der Waals surface area contributed by atoms with Crippen LogP contribution < -0.4 is 0 Å². The molecule has 0 aliphatic rings. The third-order valence-electron chi connectivity index (χ3n) is 4.21. The highest BCUT2D eigenvalue weighted by Gasteiger charge is 2.30. The Labute approximate surface area is 133 Å². The molecule has 0 heterocycles. The van der Waals surface area contributed by atoms with Crippen LogP contribution in [0.15, 0.2) is 0 Å². The van der Waals surface area contributed by atoms with E-state index in [2.05, 4.69) is 53.4 Å². The van der Waals surface area contributed by atoms with Gasteiger partial charge >= 0.3 is 0 Å². The fourth-order valence-corrected chi connectivity index (χ4v) is 3.13. The van der Waals surface area contributed by atoms with E-state index in [1.807, 2.05) is 0 Å². The Morgan fingerprint density at radius 3 is 1.86 bits per heavy atom. The molecule has 0 aliphatic heterocycles. The normalized spacial score (nSPS) is 13.5. The maximum absolute atomic E-state index is 12.9. The average Bonchev–Trinajstić information content (AvgIpc) is 2.39. The quantitative estimate of drug-likeness (QED) is 0.499. The lowest BCUT2D eigenvalue weighted by atomic mass is 9.89. The van der Waals surface area contributed by atoms with E-state index in [1.165, 1.54) is 12.8 Å². The van der Waals surface area contributed by atoms with Crippen LogP contribution in [-0.4, -0.2) is 22.9 Å². The Kier molecular flexibility index (Phi) is 9.98. The highest BCUT2D eigenvalue weighted by molar-refractivity contribution is 5.77. The summed E-state index contributed by atoms with van der Waals surface area (Å²) in [4.78, 5) is 15.2. The van der Waals surface area contributed by atoms with Crippen LogP contribution in [0.1, 0.15) is 99.8 Å². The van der Waals surface area contributed by atoms with Gasteiger partial charge in [0.25, 0.3) is 0 Å². The number of hydrogen-bond acceptors (Lipinski definition) is 1. The number of hydrogen-bond donors (Lipinski definition) is 0. The Morgan fingerprint density at radius 1 is 0.905 bits per heavy atom. The van der Waals surface area contributed by atoms with E-state index in [1.54, 1.807) is 0 Å². The van der Waals surface area contributed by atoms with Crippen molar-refractivity contribution in [3.8, 4) is 0 Å². The molecular formula is C19H39NO. The number of carbonyl (C=O) groups excluding carboxylic acids is 1. The Hall–Kier alpha value is -0.530. The van der Waals surface area contributed by atoms with Crippen molar-refractivity contribution in [1.29, 1.82) is 0 Å². The SMILES string of the molecule is CCCCC(CCC)N(C(=O)CC(C)(C)C)C(CC)CC. The number of carbonyl (C=O) groups is 1. The van der Waals surface area contributed by atoms with Crippen molar-refractivity contribution in [2.45, 2.75) is 112 Å². The third kappa shape index (κ3) is 7.87. The summed E-state index contributed by atoms with van der Waals surface area (Å²) < 4.78 is 0. The molecule has 0 fully saturated rings. The molecule has 1 unspecified atom stereocenters. The molecule has 0 saturated heterocycles. The summed E-state index contributed by atoms with van der Waals surface area (Å²) >= 11 is 0.